The topological polar surface area (TPSA) is 76.1 Å². The molecule has 5 heteroatoms. The fourth-order valence-electron chi connectivity index (χ4n) is 1.95. The molecule has 124 valence electrons. The Morgan fingerprint density at radius 1 is 1.24 bits per heavy atom. The van der Waals surface area contributed by atoms with Crippen LogP contribution in [0.3, 0.4) is 0 Å². The zero-order valence-electron chi connectivity index (χ0n) is 14.8. The van der Waals surface area contributed by atoms with Crippen molar-refractivity contribution in [3.05, 3.63) is 5.73 Å². The van der Waals surface area contributed by atoms with E-state index in [2.05, 4.69) is 6.92 Å². The van der Waals surface area contributed by atoms with Crippen LogP contribution in [-0.2, 0) is 9.53 Å². The second kappa shape index (κ2) is 14.9. The van der Waals surface area contributed by atoms with Crippen LogP contribution in [0.2, 0.25) is 0 Å². The van der Waals surface area contributed by atoms with Gasteiger partial charge in [0.05, 0.1) is 12.7 Å². The van der Waals surface area contributed by atoms with E-state index < -0.39 is 0 Å². The molecule has 0 aromatic carbocycles. The quantitative estimate of drug-likeness (QED) is 0.422. The van der Waals surface area contributed by atoms with Gasteiger partial charge in [-0.15, -0.1) is 0 Å². The van der Waals surface area contributed by atoms with E-state index in [4.69, 9.17) is 16.2 Å². The van der Waals surface area contributed by atoms with E-state index in [1.54, 1.807) is 0 Å². The fraction of sp³-hybridized carbons (Fsp3) is 0.938. The van der Waals surface area contributed by atoms with E-state index in [-0.39, 0.29) is 5.54 Å². The van der Waals surface area contributed by atoms with Crippen molar-refractivity contribution in [1.29, 1.82) is 0 Å². The number of carbonyl (C=O) groups excluding carboxylic acids is 1. The molecule has 1 fully saturated rings. The standard InChI is InChI=1S/C12H25NO.C3H6O.CH4N.Rf/c1-10-5-4-6-11(8-7-10)14-9-12(2,3)13;1-2-3-4;1-2;/h10-11H,4-9,13H2,1-3H3;3H,2H2,1H3;2H,1H3;/q;;-1;. The number of nitrogens with one attached hydrogen (secondary N) is 1. The van der Waals surface area contributed by atoms with Crippen molar-refractivity contribution in [1.82, 2.24) is 0 Å². The van der Waals surface area contributed by atoms with Gasteiger partial charge in [0.1, 0.15) is 6.29 Å². The Labute approximate surface area is 125 Å². The van der Waals surface area contributed by atoms with Crippen molar-refractivity contribution in [2.24, 2.45) is 11.7 Å². The Morgan fingerprint density at radius 2 is 1.76 bits per heavy atom. The molecule has 0 saturated heterocycles. The van der Waals surface area contributed by atoms with E-state index in [0.29, 0.717) is 19.1 Å². The summed E-state index contributed by atoms with van der Waals surface area (Å²) in [6, 6.07) is 0. The summed E-state index contributed by atoms with van der Waals surface area (Å²) in [4.78, 5) is 9.17. The van der Waals surface area contributed by atoms with Crippen LogP contribution < -0.4 is 5.73 Å². The van der Waals surface area contributed by atoms with Gasteiger partial charge in [0, 0.05) is 12.0 Å². The van der Waals surface area contributed by atoms with Gasteiger partial charge in [-0.25, -0.2) is 0 Å². The molecule has 0 heterocycles. The van der Waals surface area contributed by atoms with Crippen LogP contribution >= 0.6 is 0 Å². The van der Waals surface area contributed by atoms with E-state index in [9.17, 15) is 4.79 Å². The second-order valence-electron chi connectivity index (χ2n) is 6.11. The number of carbonyl (C=O) groups is 1. The summed E-state index contributed by atoms with van der Waals surface area (Å²) in [6.45, 7) is 8.88. The Bertz CT molecular complexity index is 221. The molecule has 0 bridgehead atoms. The molecule has 4 nitrogen and oxygen atoms in total. The van der Waals surface area contributed by atoms with Crippen molar-refractivity contribution in [3.63, 3.8) is 0 Å². The van der Waals surface area contributed by atoms with Crippen LogP contribution in [-0.4, -0.2) is 31.6 Å². The molecule has 0 radical (unpaired) electrons. The molecule has 1 aliphatic carbocycles. The van der Waals surface area contributed by atoms with Gasteiger partial charge >= 0.3 is 0 Å². The molecule has 0 aromatic heterocycles. The number of ether oxygens (including phenoxy) is 1. The van der Waals surface area contributed by atoms with E-state index in [1.807, 2.05) is 20.8 Å². The first-order valence-corrected chi connectivity index (χ1v) is 7.73. The molecular formula is C16H35N2O2Rf-. The number of hydrogen-bond acceptors (Lipinski definition) is 3. The Hall–Kier alpha value is -1.45. The van der Waals surface area contributed by atoms with E-state index >= 15 is 0 Å². The third-order valence-corrected chi connectivity index (χ3v) is 3.06. The average molecular weight is 554 g/mol. The van der Waals surface area contributed by atoms with Gasteiger partial charge < -0.3 is 21.0 Å². The molecule has 1 aliphatic rings. The van der Waals surface area contributed by atoms with Crippen molar-refractivity contribution in [2.45, 2.75) is 77.9 Å². The fourth-order valence-corrected chi connectivity index (χ4v) is 1.95. The number of aldehydes is 1. The van der Waals surface area contributed by atoms with Gasteiger partial charge in [-0.3, -0.25) is 0 Å². The predicted molar refractivity (Wildman–Crippen MR) is 86.9 cm³/mol. The van der Waals surface area contributed by atoms with Crippen LogP contribution in [0.5, 0.6) is 0 Å². The summed E-state index contributed by atoms with van der Waals surface area (Å²) in [5.41, 5.74) is 11.5. The third kappa shape index (κ3) is 18.5. The number of nitrogens with two attached hydrogens (primary N) is 1. The number of hydrogen-bond donors (Lipinski definition) is 1. The third-order valence-electron chi connectivity index (χ3n) is 3.06. The zero-order chi connectivity index (χ0) is 16.0. The monoisotopic (exact) mass is 554 g/mol. The summed E-state index contributed by atoms with van der Waals surface area (Å²) in [7, 11) is 1.25. The minimum atomic E-state index is -0.183. The first-order valence-electron chi connectivity index (χ1n) is 7.73. The Balaban J connectivity index is -0.000000401. The molecule has 0 aliphatic heterocycles. The van der Waals surface area contributed by atoms with Gasteiger partial charge in [0.15, 0.2) is 0 Å². The predicted octanol–water partition coefficient (Wildman–Crippen LogP) is 3.97. The van der Waals surface area contributed by atoms with Crippen molar-refractivity contribution in [3.8, 4) is 0 Å². The summed E-state index contributed by atoms with van der Waals surface area (Å²) in [6.07, 6.45) is 8.42. The summed E-state index contributed by atoms with van der Waals surface area (Å²) < 4.78 is 5.85. The summed E-state index contributed by atoms with van der Waals surface area (Å²) >= 11 is 0. The smallest absolute Gasteiger partial charge is 0.119 e. The normalized spacial score (nSPS) is 21.5. The van der Waals surface area contributed by atoms with Gasteiger partial charge in [0.2, 0.25) is 0 Å². The molecular weight excluding hydrogens is 519 g/mol. The van der Waals surface area contributed by atoms with Crippen LogP contribution in [0.4, 0.5) is 0 Å². The molecule has 0 aromatic rings. The van der Waals surface area contributed by atoms with Gasteiger partial charge in [-0.1, -0.05) is 26.7 Å². The minimum Gasteiger partial charge on any atom is -0.680 e. The second-order valence-corrected chi connectivity index (χ2v) is 6.11. The van der Waals surface area contributed by atoms with Crippen LogP contribution in [0.15, 0.2) is 0 Å². The minimum absolute atomic E-state index is 0. The molecule has 0 amide bonds. The molecule has 1 saturated carbocycles. The molecule has 21 heavy (non-hydrogen) atoms. The Kier molecular flexibility index (Phi) is 17.5. The van der Waals surface area contributed by atoms with Crippen molar-refractivity contribution in [2.75, 3.05) is 13.7 Å². The van der Waals surface area contributed by atoms with Crippen LogP contribution in [0, 0.1) is 5.92 Å². The zero-order valence-corrected chi connectivity index (χ0v) is 21.2. The van der Waals surface area contributed by atoms with Crippen molar-refractivity contribution >= 4 is 6.29 Å². The average Bonchev–Trinajstić information content (AvgIpc) is 2.63. The van der Waals surface area contributed by atoms with Gasteiger partial charge in [-0.05, 0) is 39.0 Å². The maximum atomic E-state index is 9.17. The maximum Gasteiger partial charge on any atom is 0.119 e. The van der Waals surface area contributed by atoms with E-state index in [0.717, 1.165) is 12.2 Å². The van der Waals surface area contributed by atoms with E-state index in [1.165, 1.54) is 39.2 Å². The molecule has 2 unspecified atom stereocenters. The molecule has 0 spiro atoms. The first-order chi connectivity index (χ1) is 9.39. The summed E-state index contributed by atoms with van der Waals surface area (Å²) in [5, 5.41) is 0. The summed E-state index contributed by atoms with van der Waals surface area (Å²) in [5.74, 6) is 0.884. The molecule has 2 atom stereocenters. The van der Waals surface area contributed by atoms with Gasteiger partial charge in [-0.2, -0.15) is 7.05 Å². The first kappa shape index (κ1) is 24.6. The molecule has 1 rings (SSSR count). The molecule has 3 N–H and O–H groups in total. The SMILES string of the molecule is CC1CCCC(OCC(C)(C)N)CC1.CCC=O.C[NH-].[Rf]. The Morgan fingerprint density at radius 3 is 2.19 bits per heavy atom. The van der Waals surface area contributed by atoms with Crippen molar-refractivity contribution < 1.29 is 9.53 Å². The largest absolute Gasteiger partial charge is 0.680 e. The van der Waals surface area contributed by atoms with Crippen LogP contribution in [0.1, 0.15) is 66.2 Å². The maximum absolute atomic E-state index is 9.17. The van der Waals surface area contributed by atoms with Gasteiger partial charge in [0.25, 0.3) is 0 Å². The number of rotatable bonds is 4. The van der Waals surface area contributed by atoms with Crippen LogP contribution in [0.25, 0.3) is 5.73 Å².